The van der Waals surface area contributed by atoms with Gasteiger partial charge in [0.05, 0.1) is 16.8 Å². The summed E-state index contributed by atoms with van der Waals surface area (Å²) in [5.74, 6) is -2.78. The zero-order chi connectivity index (χ0) is 19.1. The smallest absolute Gasteiger partial charge is 0.314 e. The van der Waals surface area contributed by atoms with Crippen molar-refractivity contribution in [2.75, 3.05) is 13.7 Å². The lowest BCUT2D eigenvalue weighted by Gasteiger charge is -2.12. The molecule has 1 aliphatic rings. The Hall–Kier alpha value is -1.96. The van der Waals surface area contributed by atoms with Crippen LogP contribution in [0.5, 0.6) is 0 Å². The minimum Gasteiger partial charge on any atom is -0.481 e. The second-order valence-corrected chi connectivity index (χ2v) is 8.74. The average Bonchev–Trinajstić information content (AvgIpc) is 3.27. The van der Waals surface area contributed by atoms with E-state index in [-0.39, 0.29) is 11.5 Å². The minimum atomic E-state index is -4.01. The Kier molecular flexibility index (Phi) is 4.81. The van der Waals surface area contributed by atoms with E-state index in [9.17, 15) is 22.7 Å². The van der Waals surface area contributed by atoms with Crippen LogP contribution in [0.15, 0.2) is 53.4 Å². The van der Waals surface area contributed by atoms with Gasteiger partial charge in [0.25, 0.3) is 0 Å². The number of methoxy groups -OCH3 is 1. The molecule has 0 spiro atoms. The molecule has 0 saturated heterocycles. The topological polar surface area (TPSA) is 80.7 Å². The summed E-state index contributed by atoms with van der Waals surface area (Å²) in [5.41, 5.74) is -1.37. The molecule has 0 amide bonds. The Balaban J connectivity index is 2.13. The lowest BCUT2D eigenvalue weighted by atomic mass is 10.00. The van der Waals surface area contributed by atoms with E-state index in [1.165, 1.54) is 49.6 Å². The third-order valence-electron chi connectivity index (χ3n) is 4.72. The zero-order valence-electron chi connectivity index (χ0n) is 13.7. The molecule has 0 aliphatic heterocycles. The van der Waals surface area contributed by atoms with E-state index >= 15 is 0 Å². The molecule has 0 bridgehead atoms. The van der Waals surface area contributed by atoms with Crippen LogP contribution in [0.25, 0.3) is 0 Å². The lowest BCUT2D eigenvalue weighted by Crippen LogP contribution is -2.28. The Labute approximate surface area is 155 Å². The molecule has 0 aromatic heterocycles. The van der Waals surface area contributed by atoms with E-state index in [2.05, 4.69) is 0 Å². The van der Waals surface area contributed by atoms with Gasteiger partial charge < -0.3 is 9.84 Å². The molecule has 2 aromatic carbocycles. The third kappa shape index (κ3) is 2.90. The Morgan fingerprint density at radius 3 is 2.46 bits per heavy atom. The molecule has 3 atom stereocenters. The molecule has 8 heteroatoms. The van der Waals surface area contributed by atoms with Gasteiger partial charge in [0.1, 0.15) is 11.2 Å². The summed E-state index contributed by atoms with van der Waals surface area (Å²) in [4.78, 5) is 12.0. The molecule has 26 heavy (non-hydrogen) atoms. The summed E-state index contributed by atoms with van der Waals surface area (Å²) in [6.07, 6.45) is 0. The van der Waals surface area contributed by atoms with E-state index in [4.69, 9.17) is 16.3 Å². The van der Waals surface area contributed by atoms with Gasteiger partial charge in [-0.2, -0.15) is 0 Å². The van der Waals surface area contributed by atoms with Crippen LogP contribution in [0.1, 0.15) is 11.5 Å². The highest BCUT2D eigenvalue weighted by Gasteiger charge is 2.76. The number of carboxylic acid groups (broad SMARTS) is 1. The van der Waals surface area contributed by atoms with Crippen molar-refractivity contribution in [1.29, 1.82) is 0 Å². The molecule has 1 aliphatic carbocycles. The van der Waals surface area contributed by atoms with Crippen molar-refractivity contribution in [1.82, 2.24) is 0 Å². The normalized spacial score (nSPS) is 25.0. The first-order chi connectivity index (χ1) is 12.2. The van der Waals surface area contributed by atoms with Crippen LogP contribution < -0.4 is 0 Å². The maximum atomic E-state index is 13.6. The van der Waals surface area contributed by atoms with E-state index in [1.54, 1.807) is 0 Å². The van der Waals surface area contributed by atoms with E-state index < -0.39 is 38.2 Å². The number of ether oxygens (including phenoxy) is 1. The first-order valence-electron chi connectivity index (χ1n) is 7.72. The summed E-state index contributed by atoms with van der Waals surface area (Å²) in [6, 6.07) is 10.8. The number of benzene rings is 2. The predicted octanol–water partition coefficient (Wildman–Crippen LogP) is 3.14. The van der Waals surface area contributed by atoms with Crippen LogP contribution in [0.3, 0.4) is 0 Å². The number of aliphatic carboxylic acids is 1. The van der Waals surface area contributed by atoms with Crippen molar-refractivity contribution in [2.45, 2.75) is 16.1 Å². The summed E-state index contributed by atoms with van der Waals surface area (Å²) >= 11 is 5.80. The fourth-order valence-electron chi connectivity index (χ4n) is 3.53. The molecule has 0 unspecified atom stereocenters. The molecule has 2 aromatic rings. The van der Waals surface area contributed by atoms with Crippen molar-refractivity contribution in [3.63, 3.8) is 0 Å². The minimum absolute atomic E-state index is 0.0347. The molecule has 138 valence electrons. The van der Waals surface area contributed by atoms with Gasteiger partial charge in [-0.1, -0.05) is 23.7 Å². The largest absolute Gasteiger partial charge is 0.481 e. The molecular formula is C18H16ClFO5S. The number of hydrogen-bond acceptors (Lipinski definition) is 4. The fourth-order valence-corrected chi connectivity index (χ4v) is 6.01. The second-order valence-electron chi connectivity index (χ2n) is 6.23. The lowest BCUT2D eigenvalue weighted by molar-refractivity contribution is -0.145. The van der Waals surface area contributed by atoms with Gasteiger partial charge in [-0.25, -0.2) is 12.8 Å². The van der Waals surface area contributed by atoms with Crippen molar-refractivity contribution < 1.29 is 27.4 Å². The zero-order valence-corrected chi connectivity index (χ0v) is 15.3. The van der Waals surface area contributed by atoms with E-state index in [0.717, 1.165) is 6.07 Å². The van der Waals surface area contributed by atoms with Crippen molar-refractivity contribution in [3.05, 3.63) is 64.9 Å². The molecule has 0 radical (unpaired) electrons. The van der Waals surface area contributed by atoms with Gasteiger partial charge in [-0.3, -0.25) is 4.79 Å². The quantitative estimate of drug-likeness (QED) is 0.808. The highest BCUT2D eigenvalue weighted by atomic mass is 35.5. The molecule has 5 nitrogen and oxygen atoms in total. The number of carboxylic acids is 1. The molecule has 1 N–H and O–H groups in total. The number of hydrogen-bond donors (Lipinski definition) is 1. The Morgan fingerprint density at radius 2 is 1.92 bits per heavy atom. The Morgan fingerprint density at radius 1 is 1.27 bits per heavy atom. The van der Waals surface area contributed by atoms with Gasteiger partial charge in [-0.15, -0.1) is 0 Å². The van der Waals surface area contributed by atoms with Gasteiger partial charge in [0, 0.05) is 18.1 Å². The predicted molar refractivity (Wildman–Crippen MR) is 93.5 cm³/mol. The fraction of sp³-hybridized carbons (Fsp3) is 0.278. The SMILES string of the molecule is COC[C@@]1(C(=O)O)[C@H](c2cccc(F)c2)[C@@H]1S(=O)(=O)c1ccc(Cl)cc1. The average molecular weight is 399 g/mol. The first-order valence-corrected chi connectivity index (χ1v) is 9.65. The molecule has 1 fully saturated rings. The van der Waals surface area contributed by atoms with Crippen LogP contribution >= 0.6 is 11.6 Å². The highest BCUT2D eigenvalue weighted by molar-refractivity contribution is 7.92. The van der Waals surface area contributed by atoms with Crippen LogP contribution in [-0.4, -0.2) is 38.5 Å². The van der Waals surface area contributed by atoms with Crippen molar-refractivity contribution in [3.8, 4) is 0 Å². The van der Waals surface area contributed by atoms with Gasteiger partial charge in [0.15, 0.2) is 9.84 Å². The summed E-state index contributed by atoms with van der Waals surface area (Å²) in [6.45, 7) is -0.305. The number of carbonyl (C=O) groups is 1. The van der Waals surface area contributed by atoms with Crippen LogP contribution in [0.2, 0.25) is 5.02 Å². The van der Waals surface area contributed by atoms with Crippen molar-refractivity contribution >= 4 is 27.4 Å². The molecule has 0 heterocycles. The van der Waals surface area contributed by atoms with E-state index in [0.29, 0.717) is 10.6 Å². The maximum Gasteiger partial charge on any atom is 0.314 e. The number of sulfone groups is 1. The molecule has 3 rings (SSSR count). The summed E-state index contributed by atoms with van der Waals surface area (Å²) < 4.78 is 44.9. The van der Waals surface area contributed by atoms with Crippen molar-refractivity contribution in [2.24, 2.45) is 5.41 Å². The molecular weight excluding hydrogens is 383 g/mol. The summed E-state index contributed by atoms with van der Waals surface area (Å²) in [5, 5.41) is 8.90. The van der Waals surface area contributed by atoms with E-state index in [1.807, 2.05) is 0 Å². The standard InChI is InChI=1S/C18H16ClFO5S/c1-25-10-18(17(21)22)15(11-3-2-4-13(20)9-11)16(18)26(23,24)14-7-5-12(19)6-8-14/h2-9,15-16H,10H2,1H3,(H,21,22)/t15-,16+,18-/m1/s1. The summed E-state index contributed by atoms with van der Waals surface area (Å²) in [7, 11) is -2.71. The van der Waals surface area contributed by atoms with Gasteiger partial charge in [-0.05, 0) is 42.0 Å². The number of halogens is 2. The highest BCUT2D eigenvalue weighted by Crippen LogP contribution is 2.64. The number of rotatable bonds is 6. The maximum absolute atomic E-state index is 13.6. The Bertz CT molecular complexity index is 944. The third-order valence-corrected chi connectivity index (χ3v) is 7.26. The first kappa shape index (κ1) is 18.8. The van der Waals surface area contributed by atoms with Gasteiger partial charge in [0.2, 0.25) is 0 Å². The van der Waals surface area contributed by atoms with Crippen LogP contribution in [-0.2, 0) is 19.4 Å². The second kappa shape index (κ2) is 6.64. The van der Waals surface area contributed by atoms with Crippen LogP contribution in [0.4, 0.5) is 4.39 Å². The molecule has 1 saturated carbocycles. The van der Waals surface area contributed by atoms with Crippen LogP contribution in [0, 0.1) is 11.2 Å². The monoisotopic (exact) mass is 398 g/mol. The van der Waals surface area contributed by atoms with Gasteiger partial charge >= 0.3 is 5.97 Å².